The molecule has 1 heterocycles. The molecule has 0 atom stereocenters. The van der Waals surface area contributed by atoms with Crippen molar-refractivity contribution in [3.05, 3.63) is 47.8 Å². The first-order valence-corrected chi connectivity index (χ1v) is 7.13. The zero-order valence-electron chi connectivity index (χ0n) is 12.2. The Hall–Kier alpha value is -2.36. The van der Waals surface area contributed by atoms with Crippen LogP contribution in [0, 0.1) is 12.7 Å². The summed E-state index contributed by atoms with van der Waals surface area (Å²) in [6, 6.07) is 10.8. The average Bonchev–Trinajstić information content (AvgIpc) is 2.80. The molecule has 2 aromatic carbocycles. The fourth-order valence-corrected chi connectivity index (χ4v) is 2.75. The van der Waals surface area contributed by atoms with Crippen molar-refractivity contribution in [2.24, 2.45) is 0 Å². The van der Waals surface area contributed by atoms with Gasteiger partial charge in [-0.15, -0.1) is 0 Å². The van der Waals surface area contributed by atoms with Gasteiger partial charge in [0.15, 0.2) is 5.82 Å². The fourth-order valence-electron chi connectivity index (χ4n) is 2.75. The van der Waals surface area contributed by atoms with E-state index < -0.39 is 0 Å². The highest BCUT2D eigenvalue weighted by Crippen LogP contribution is 2.32. The van der Waals surface area contributed by atoms with Gasteiger partial charge in [0.25, 0.3) is 0 Å². The SMILES string of the molecule is CCCn1c(-c2c(C)cccc2N)nc2c(F)cccc21. The smallest absolute Gasteiger partial charge is 0.151 e. The summed E-state index contributed by atoms with van der Waals surface area (Å²) in [7, 11) is 0. The fraction of sp³-hybridized carbons (Fsp3) is 0.235. The summed E-state index contributed by atoms with van der Waals surface area (Å²) in [5.74, 6) is 0.448. The van der Waals surface area contributed by atoms with Gasteiger partial charge in [0.1, 0.15) is 11.3 Å². The molecule has 0 fully saturated rings. The Morgan fingerprint density at radius 1 is 1.19 bits per heavy atom. The van der Waals surface area contributed by atoms with Crippen LogP contribution in [0.5, 0.6) is 0 Å². The quantitative estimate of drug-likeness (QED) is 0.734. The number of anilines is 1. The van der Waals surface area contributed by atoms with Crippen LogP contribution in [0.1, 0.15) is 18.9 Å². The number of para-hydroxylation sites is 1. The first-order chi connectivity index (χ1) is 10.1. The summed E-state index contributed by atoms with van der Waals surface area (Å²) >= 11 is 0. The number of aromatic nitrogens is 2. The molecule has 21 heavy (non-hydrogen) atoms. The molecular formula is C17H18FN3. The molecule has 1 aromatic heterocycles. The summed E-state index contributed by atoms with van der Waals surface area (Å²) < 4.78 is 16.1. The molecule has 3 aromatic rings. The number of halogens is 1. The maximum Gasteiger partial charge on any atom is 0.151 e. The topological polar surface area (TPSA) is 43.8 Å². The van der Waals surface area contributed by atoms with Gasteiger partial charge in [0.2, 0.25) is 0 Å². The van der Waals surface area contributed by atoms with Crippen LogP contribution in [0.25, 0.3) is 22.4 Å². The molecule has 4 heteroatoms. The van der Waals surface area contributed by atoms with Crippen LogP contribution in [-0.4, -0.2) is 9.55 Å². The van der Waals surface area contributed by atoms with Gasteiger partial charge in [-0.3, -0.25) is 0 Å². The van der Waals surface area contributed by atoms with E-state index in [0.29, 0.717) is 11.2 Å². The molecule has 0 saturated carbocycles. The first kappa shape index (κ1) is 13.6. The van der Waals surface area contributed by atoms with Gasteiger partial charge >= 0.3 is 0 Å². The molecule has 0 radical (unpaired) electrons. The van der Waals surface area contributed by atoms with Crippen molar-refractivity contribution in [1.82, 2.24) is 9.55 Å². The third kappa shape index (κ3) is 2.17. The molecule has 0 unspecified atom stereocenters. The molecule has 0 aliphatic rings. The van der Waals surface area contributed by atoms with Crippen LogP contribution in [0.3, 0.4) is 0 Å². The number of benzene rings is 2. The molecule has 3 rings (SSSR count). The maximum atomic E-state index is 14.0. The zero-order valence-corrected chi connectivity index (χ0v) is 12.2. The number of imidazole rings is 1. The number of aryl methyl sites for hydroxylation is 2. The van der Waals surface area contributed by atoms with Crippen molar-refractivity contribution >= 4 is 16.7 Å². The Morgan fingerprint density at radius 2 is 1.95 bits per heavy atom. The summed E-state index contributed by atoms with van der Waals surface area (Å²) in [6.45, 7) is 4.87. The van der Waals surface area contributed by atoms with E-state index in [9.17, 15) is 4.39 Å². The second kappa shape index (κ2) is 5.20. The Kier molecular flexibility index (Phi) is 3.37. The van der Waals surface area contributed by atoms with Gasteiger partial charge in [-0.05, 0) is 37.1 Å². The Bertz CT molecular complexity index is 785. The summed E-state index contributed by atoms with van der Waals surface area (Å²) in [6.07, 6.45) is 0.945. The predicted molar refractivity (Wildman–Crippen MR) is 84.6 cm³/mol. The van der Waals surface area contributed by atoms with Gasteiger partial charge in [0.05, 0.1) is 5.52 Å². The lowest BCUT2D eigenvalue weighted by atomic mass is 10.1. The van der Waals surface area contributed by atoms with Crippen molar-refractivity contribution in [2.45, 2.75) is 26.8 Å². The Labute approximate surface area is 123 Å². The minimum absolute atomic E-state index is 0.296. The minimum Gasteiger partial charge on any atom is -0.398 e. The lowest BCUT2D eigenvalue weighted by molar-refractivity contribution is 0.637. The van der Waals surface area contributed by atoms with E-state index >= 15 is 0 Å². The van der Waals surface area contributed by atoms with E-state index in [1.165, 1.54) is 6.07 Å². The third-order valence-electron chi connectivity index (χ3n) is 3.71. The lowest BCUT2D eigenvalue weighted by Crippen LogP contribution is -2.03. The van der Waals surface area contributed by atoms with E-state index in [2.05, 4.69) is 16.5 Å². The molecule has 0 aliphatic carbocycles. The molecular weight excluding hydrogens is 265 g/mol. The van der Waals surface area contributed by atoms with E-state index in [-0.39, 0.29) is 5.82 Å². The molecule has 3 nitrogen and oxygen atoms in total. The van der Waals surface area contributed by atoms with Crippen molar-refractivity contribution in [2.75, 3.05) is 5.73 Å². The number of hydrogen-bond acceptors (Lipinski definition) is 2. The van der Waals surface area contributed by atoms with Crippen molar-refractivity contribution in [1.29, 1.82) is 0 Å². The number of nitrogens with two attached hydrogens (primary N) is 1. The van der Waals surface area contributed by atoms with Crippen LogP contribution in [0.2, 0.25) is 0 Å². The number of nitrogen functional groups attached to an aromatic ring is 1. The van der Waals surface area contributed by atoms with Crippen LogP contribution >= 0.6 is 0 Å². The lowest BCUT2D eigenvalue weighted by Gasteiger charge is -2.12. The standard InChI is InChI=1S/C17H18FN3/c1-3-10-21-14-9-5-7-12(18)16(14)20-17(21)15-11(2)6-4-8-13(15)19/h4-9H,3,10,19H2,1-2H3. The number of hydrogen-bond donors (Lipinski definition) is 1. The zero-order chi connectivity index (χ0) is 15.0. The molecule has 0 aliphatic heterocycles. The average molecular weight is 283 g/mol. The van der Waals surface area contributed by atoms with Crippen LogP contribution < -0.4 is 5.73 Å². The van der Waals surface area contributed by atoms with Gasteiger partial charge in [-0.1, -0.05) is 25.1 Å². The summed E-state index contributed by atoms with van der Waals surface area (Å²) in [4.78, 5) is 4.53. The first-order valence-electron chi connectivity index (χ1n) is 7.13. The summed E-state index contributed by atoms with van der Waals surface area (Å²) in [5.41, 5.74) is 9.96. The Morgan fingerprint density at radius 3 is 2.67 bits per heavy atom. The second-order valence-electron chi connectivity index (χ2n) is 5.23. The molecule has 2 N–H and O–H groups in total. The van der Waals surface area contributed by atoms with Crippen molar-refractivity contribution in [3.63, 3.8) is 0 Å². The Balaban J connectivity index is 2.37. The largest absolute Gasteiger partial charge is 0.398 e. The number of rotatable bonds is 3. The maximum absolute atomic E-state index is 14.0. The van der Waals surface area contributed by atoms with Gasteiger partial charge in [0, 0.05) is 17.8 Å². The molecule has 0 saturated heterocycles. The van der Waals surface area contributed by atoms with Gasteiger partial charge < -0.3 is 10.3 Å². The van der Waals surface area contributed by atoms with Crippen LogP contribution in [-0.2, 0) is 6.54 Å². The normalized spacial score (nSPS) is 11.2. The number of fused-ring (bicyclic) bond motifs is 1. The van der Waals surface area contributed by atoms with E-state index in [1.807, 2.05) is 31.2 Å². The molecule has 0 spiro atoms. The number of nitrogens with zero attached hydrogens (tertiary/aromatic N) is 2. The van der Waals surface area contributed by atoms with Crippen molar-refractivity contribution < 1.29 is 4.39 Å². The third-order valence-corrected chi connectivity index (χ3v) is 3.71. The van der Waals surface area contributed by atoms with Gasteiger partial charge in [-0.2, -0.15) is 0 Å². The van der Waals surface area contributed by atoms with Crippen LogP contribution in [0.15, 0.2) is 36.4 Å². The van der Waals surface area contributed by atoms with Crippen molar-refractivity contribution in [3.8, 4) is 11.4 Å². The van der Waals surface area contributed by atoms with E-state index in [4.69, 9.17) is 5.73 Å². The highest BCUT2D eigenvalue weighted by atomic mass is 19.1. The molecule has 0 amide bonds. The highest BCUT2D eigenvalue weighted by Gasteiger charge is 2.17. The van der Waals surface area contributed by atoms with Gasteiger partial charge in [-0.25, -0.2) is 9.37 Å². The molecule has 0 bridgehead atoms. The minimum atomic E-state index is -0.296. The monoisotopic (exact) mass is 283 g/mol. The van der Waals surface area contributed by atoms with E-state index in [0.717, 1.165) is 35.4 Å². The second-order valence-corrected chi connectivity index (χ2v) is 5.23. The highest BCUT2D eigenvalue weighted by molar-refractivity contribution is 5.85. The molecule has 108 valence electrons. The van der Waals surface area contributed by atoms with Crippen LogP contribution in [0.4, 0.5) is 10.1 Å². The summed E-state index contributed by atoms with van der Waals surface area (Å²) in [5, 5.41) is 0. The predicted octanol–water partition coefficient (Wildman–Crippen LogP) is 4.14. The van der Waals surface area contributed by atoms with E-state index in [1.54, 1.807) is 6.07 Å².